The Bertz CT molecular complexity index is 1210. The number of hydrogen-bond donors (Lipinski definition) is 2. The third kappa shape index (κ3) is 5.40. The van der Waals surface area contributed by atoms with E-state index in [2.05, 4.69) is 9.62 Å². The van der Waals surface area contributed by atoms with E-state index >= 15 is 0 Å². The van der Waals surface area contributed by atoms with Crippen LogP contribution in [-0.2, 0) is 10.0 Å². The van der Waals surface area contributed by atoms with Gasteiger partial charge in [0.2, 0.25) is 0 Å². The summed E-state index contributed by atoms with van der Waals surface area (Å²) in [5.74, 6) is 0.829. The number of hydrogen-bond acceptors (Lipinski definition) is 7. The number of methoxy groups -OCH3 is 1. The molecule has 1 aliphatic rings. The van der Waals surface area contributed by atoms with Crippen molar-refractivity contribution in [2.24, 2.45) is 0 Å². The first kappa shape index (κ1) is 24.1. The van der Waals surface area contributed by atoms with E-state index < -0.39 is 16.3 Å². The van der Waals surface area contributed by atoms with Gasteiger partial charge in [0.1, 0.15) is 21.2 Å². The molecule has 2 aromatic carbocycles. The van der Waals surface area contributed by atoms with E-state index in [0.29, 0.717) is 28.7 Å². The normalized spacial score (nSPS) is 15.9. The Labute approximate surface area is 207 Å². The number of benzene rings is 2. The quantitative estimate of drug-likeness (QED) is 0.464. The largest absolute Gasteiger partial charge is 0.495 e. The Kier molecular flexibility index (Phi) is 7.37. The lowest BCUT2D eigenvalue weighted by molar-refractivity contribution is -0.00163. The summed E-state index contributed by atoms with van der Waals surface area (Å²) < 4.78 is 33.5. The fraction of sp³-hybridized carbons (Fsp3) is 0.273. The van der Waals surface area contributed by atoms with Gasteiger partial charge < -0.3 is 14.7 Å². The molecule has 33 heavy (non-hydrogen) atoms. The molecule has 4 rings (SSSR count). The monoisotopic (exact) mass is 527 g/mol. The number of nitrogens with zero attached hydrogens (tertiary/aromatic N) is 2. The molecular formula is C22H23Cl2N3O4S2. The van der Waals surface area contributed by atoms with Crippen LogP contribution in [0.15, 0.2) is 59.5 Å². The van der Waals surface area contributed by atoms with Crippen molar-refractivity contribution in [3.63, 3.8) is 0 Å². The van der Waals surface area contributed by atoms with Crippen molar-refractivity contribution in [2.45, 2.75) is 11.1 Å². The molecule has 11 heteroatoms. The number of piperazine rings is 1. The standard InChI is InChI=1S/C22H23Cl2N3O4S2/c1-31-18-5-3-2-4-17(18)26-10-12-27(13-11-26)22(28)15-6-8-16(9-7-15)25-33(29,30)19-14-20(23)32-21(19)24/h2-9,14,22,25,28H,10-13H2,1H3. The molecule has 3 aromatic rings. The molecule has 0 bridgehead atoms. The summed E-state index contributed by atoms with van der Waals surface area (Å²) in [5, 5.41) is 10.9. The van der Waals surface area contributed by atoms with Crippen LogP contribution in [-0.4, -0.2) is 51.7 Å². The lowest BCUT2D eigenvalue weighted by Crippen LogP contribution is -2.47. The molecule has 7 nitrogen and oxygen atoms in total. The molecule has 1 aromatic heterocycles. The molecule has 0 saturated carbocycles. The van der Waals surface area contributed by atoms with E-state index in [4.69, 9.17) is 27.9 Å². The van der Waals surface area contributed by atoms with Gasteiger partial charge in [-0.25, -0.2) is 8.42 Å². The SMILES string of the molecule is COc1ccccc1N1CCN(C(O)c2ccc(NS(=O)(=O)c3cc(Cl)sc3Cl)cc2)CC1. The molecule has 1 atom stereocenters. The van der Waals surface area contributed by atoms with Gasteiger partial charge in [0.15, 0.2) is 0 Å². The predicted molar refractivity (Wildman–Crippen MR) is 133 cm³/mol. The van der Waals surface area contributed by atoms with Crippen LogP contribution in [0.2, 0.25) is 8.67 Å². The van der Waals surface area contributed by atoms with Crippen LogP contribution in [0.3, 0.4) is 0 Å². The highest BCUT2D eigenvalue weighted by molar-refractivity contribution is 7.93. The van der Waals surface area contributed by atoms with E-state index in [-0.39, 0.29) is 9.23 Å². The molecule has 1 fully saturated rings. The maximum absolute atomic E-state index is 12.6. The number of sulfonamides is 1. The summed E-state index contributed by atoms with van der Waals surface area (Å²) >= 11 is 12.8. The van der Waals surface area contributed by atoms with Gasteiger partial charge in [-0.15, -0.1) is 11.3 Å². The van der Waals surface area contributed by atoms with Gasteiger partial charge in [0.05, 0.1) is 17.1 Å². The zero-order valence-corrected chi connectivity index (χ0v) is 20.9. The Morgan fingerprint density at radius 3 is 2.33 bits per heavy atom. The van der Waals surface area contributed by atoms with E-state index in [1.165, 1.54) is 6.07 Å². The van der Waals surface area contributed by atoms with Crippen molar-refractivity contribution in [1.29, 1.82) is 0 Å². The highest BCUT2D eigenvalue weighted by Crippen LogP contribution is 2.35. The topological polar surface area (TPSA) is 82.1 Å². The molecule has 1 saturated heterocycles. The molecule has 2 heterocycles. The van der Waals surface area contributed by atoms with Gasteiger partial charge in [-0.3, -0.25) is 9.62 Å². The minimum atomic E-state index is -3.86. The number of rotatable bonds is 7. The summed E-state index contributed by atoms with van der Waals surface area (Å²) in [6.45, 7) is 2.84. The van der Waals surface area contributed by atoms with Crippen LogP contribution in [0.4, 0.5) is 11.4 Å². The third-order valence-corrected chi connectivity index (χ3v) is 8.60. The average molecular weight is 528 g/mol. The second kappa shape index (κ2) is 10.1. The molecule has 176 valence electrons. The molecule has 0 amide bonds. The second-order valence-corrected chi connectivity index (χ2v) is 11.4. The number of aliphatic hydroxyl groups is 1. The zero-order chi connectivity index (χ0) is 23.6. The smallest absolute Gasteiger partial charge is 0.264 e. The number of halogens is 2. The van der Waals surface area contributed by atoms with Crippen LogP contribution < -0.4 is 14.4 Å². The van der Waals surface area contributed by atoms with Gasteiger partial charge in [-0.05, 0) is 35.9 Å². The minimum absolute atomic E-state index is 0.0591. The maximum atomic E-state index is 12.6. The molecule has 1 unspecified atom stereocenters. The molecule has 2 N–H and O–H groups in total. The first-order valence-corrected chi connectivity index (χ1v) is 13.2. The molecule has 1 aliphatic heterocycles. The second-order valence-electron chi connectivity index (χ2n) is 7.48. The first-order valence-electron chi connectivity index (χ1n) is 10.2. The van der Waals surface area contributed by atoms with Crippen LogP contribution >= 0.6 is 34.5 Å². The lowest BCUT2D eigenvalue weighted by Gasteiger charge is -2.38. The van der Waals surface area contributed by atoms with Gasteiger partial charge in [0, 0.05) is 31.9 Å². The Balaban J connectivity index is 1.39. The number of aliphatic hydroxyl groups excluding tert-OH is 1. The predicted octanol–water partition coefficient (Wildman–Crippen LogP) is 4.68. The fourth-order valence-electron chi connectivity index (χ4n) is 3.75. The van der Waals surface area contributed by atoms with Crippen LogP contribution in [0.5, 0.6) is 5.75 Å². The van der Waals surface area contributed by atoms with Gasteiger partial charge in [-0.2, -0.15) is 0 Å². The van der Waals surface area contributed by atoms with E-state index in [1.807, 2.05) is 29.2 Å². The van der Waals surface area contributed by atoms with Gasteiger partial charge in [-0.1, -0.05) is 47.5 Å². The van der Waals surface area contributed by atoms with E-state index in [9.17, 15) is 13.5 Å². The van der Waals surface area contributed by atoms with Crippen molar-refractivity contribution in [3.05, 3.63) is 68.8 Å². The summed E-state index contributed by atoms with van der Waals surface area (Å²) in [4.78, 5) is 4.16. The Hall–Kier alpha value is -2.01. The fourth-order valence-corrected chi connectivity index (χ4v) is 6.96. The van der Waals surface area contributed by atoms with Crippen molar-refractivity contribution in [1.82, 2.24) is 4.90 Å². The zero-order valence-electron chi connectivity index (χ0n) is 17.7. The highest BCUT2D eigenvalue weighted by Gasteiger charge is 2.25. The Morgan fingerprint density at radius 2 is 1.73 bits per heavy atom. The summed E-state index contributed by atoms with van der Waals surface area (Å²) in [6.07, 6.45) is -0.791. The van der Waals surface area contributed by atoms with Crippen molar-refractivity contribution < 1.29 is 18.3 Å². The number of para-hydroxylation sites is 2. The summed E-state index contributed by atoms with van der Waals surface area (Å²) in [6, 6.07) is 15.8. The van der Waals surface area contributed by atoms with Gasteiger partial charge >= 0.3 is 0 Å². The number of thiophene rings is 1. The molecular weight excluding hydrogens is 505 g/mol. The van der Waals surface area contributed by atoms with E-state index in [1.54, 1.807) is 31.4 Å². The molecule has 0 radical (unpaired) electrons. The summed E-state index contributed by atoms with van der Waals surface area (Å²) in [5.41, 5.74) is 2.09. The minimum Gasteiger partial charge on any atom is -0.495 e. The van der Waals surface area contributed by atoms with E-state index in [0.717, 1.165) is 35.9 Å². The maximum Gasteiger partial charge on any atom is 0.264 e. The molecule has 0 aliphatic carbocycles. The number of anilines is 2. The van der Waals surface area contributed by atoms with Crippen LogP contribution in [0, 0.1) is 0 Å². The number of ether oxygens (including phenoxy) is 1. The lowest BCUT2D eigenvalue weighted by atomic mass is 10.1. The number of nitrogens with one attached hydrogen (secondary N) is 1. The first-order chi connectivity index (χ1) is 15.8. The van der Waals surface area contributed by atoms with Crippen molar-refractivity contribution in [2.75, 3.05) is 42.9 Å². The Morgan fingerprint density at radius 1 is 1.06 bits per heavy atom. The summed E-state index contributed by atoms with van der Waals surface area (Å²) in [7, 11) is -2.20. The average Bonchev–Trinajstić information content (AvgIpc) is 3.18. The van der Waals surface area contributed by atoms with Crippen LogP contribution in [0.25, 0.3) is 0 Å². The molecule has 0 spiro atoms. The van der Waals surface area contributed by atoms with Gasteiger partial charge in [0.25, 0.3) is 10.0 Å². The van der Waals surface area contributed by atoms with Crippen molar-refractivity contribution in [3.8, 4) is 5.75 Å². The van der Waals surface area contributed by atoms with Crippen LogP contribution in [0.1, 0.15) is 11.8 Å². The highest BCUT2D eigenvalue weighted by atomic mass is 35.5. The third-order valence-electron chi connectivity index (χ3n) is 5.46. The van der Waals surface area contributed by atoms with Crippen molar-refractivity contribution >= 4 is 55.9 Å².